The van der Waals surface area contributed by atoms with Crippen LogP contribution in [0, 0.1) is 0 Å². The Hall–Kier alpha value is -3.84. The second-order valence-corrected chi connectivity index (χ2v) is 8.84. The van der Waals surface area contributed by atoms with Crippen LogP contribution < -0.4 is 10.6 Å². The van der Waals surface area contributed by atoms with Crippen molar-refractivity contribution in [3.05, 3.63) is 94.5 Å². The van der Waals surface area contributed by atoms with E-state index in [0.717, 1.165) is 27.8 Å². The number of carbonyl (C=O) groups excluding carboxylic acids is 2. The van der Waals surface area contributed by atoms with Crippen molar-refractivity contribution in [1.29, 1.82) is 0 Å². The maximum atomic E-state index is 12.8. The summed E-state index contributed by atoms with van der Waals surface area (Å²) >= 11 is 6.01. The molecule has 1 aliphatic rings. The number of carboxylic acids is 1. The van der Waals surface area contributed by atoms with Crippen LogP contribution in [0.25, 0.3) is 11.1 Å². The molecule has 0 aliphatic heterocycles. The Bertz CT molecular complexity index is 1220. The molecule has 0 aromatic heterocycles. The summed E-state index contributed by atoms with van der Waals surface area (Å²) in [7, 11) is 0. The third-order valence-corrected chi connectivity index (χ3v) is 6.27. The van der Waals surface area contributed by atoms with E-state index in [2.05, 4.69) is 10.6 Å². The molecular weight excluding hydrogens is 468 g/mol. The van der Waals surface area contributed by atoms with E-state index < -0.39 is 36.5 Å². The minimum Gasteiger partial charge on any atom is -0.481 e. The molecule has 0 fully saturated rings. The predicted octanol–water partition coefficient (Wildman–Crippen LogP) is 4.90. The van der Waals surface area contributed by atoms with Gasteiger partial charge in [0.1, 0.15) is 12.6 Å². The molecule has 1 unspecified atom stereocenters. The first-order valence-electron chi connectivity index (χ1n) is 11.2. The molecule has 8 heteroatoms. The number of ether oxygens (including phenoxy) is 1. The third kappa shape index (κ3) is 5.63. The number of carbonyl (C=O) groups is 3. The fourth-order valence-electron chi connectivity index (χ4n) is 4.34. The Balaban J connectivity index is 1.41. The molecule has 180 valence electrons. The first-order chi connectivity index (χ1) is 16.8. The molecule has 4 rings (SSSR count). The van der Waals surface area contributed by atoms with Crippen molar-refractivity contribution >= 4 is 29.6 Å². The van der Waals surface area contributed by atoms with Gasteiger partial charge in [0, 0.05) is 10.9 Å². The van der Waals surface area contributed by atoms with Crippen LogP contribution in [0.2, 0.25) is 5.02 Å². The summed E-state index contributed by atoms with van der Waals surface area (Å²) in [6.07, 6.45) is -1.44. The van der Waals surface area contributed by atoms with Gasteiger partial charge >= 0.3 is 12.1 Å². The van der Waals surface area contributed by atoms with Crippen molar-refractivity contribution in [3.8, 4) is 11.1 Å². The van der Waals surface area contributed by atoms with Crippen molar-refractivity contribution < 1.29 is 24.2 Å². The summed E-state index contributed by atoms with van der Waals surface area (Å²) in [5.41, 5.74) is 5.04. The van der Waals surface area contributed by atoms with E-state index in [-0.39, 0.29) is 12.5 Å². The highest BCUT2D eigenvalue weighted by Gasteiger charge is 2.30. The highest BCUT2D eigenvalue weighted by Crippen LogP contribution is 2.44. The Labute approximate surface area is 208 Å². The molecule has 2 amide bonds. The van der Waals surface area contributed by atoms with Gasteiger partial charge in [-0.2, -0.15) is 0 Å². The topological polar surface area (TPSA) is 105 Å². The van der Waals surface area contributed by atoms with E-state index in [0.29, 0.717) is 5.02 Å². The highest BCUT2D eigenvalue weighted by molar-refractivity contribution is 6.30. The Morgan fingerprint density at radius 3 is 2.17 bits per heavy atom. The summed E-state index contributed by atoms with van der Waals surface area (Å²) in [5.74, 6) is -2.00. The average Bonchev–Trinajstić information content (AvgIpc) is 3.15. The van der Waals surface area contributed by atoms with E-state index in [1.54, 1.807) is 31.2 Å². The van der Waals surface area contributed by atoms with Crippen molar-refractivity contribution in [1.82, 2.24) is 10.6 Å². The molecule has 3 aromatic carbocycles. The van der Waals surface area contributed by atoms with Gasteiger partial charge in [0.15, 0.2) is 0 Å². The monoisotopic (exact) mass is 492 g/mol. The standard InChI is InChI=1S/C27H25ClN2O5/c1-16(17-7-6-8-18(28)13-17)29-26(33)24(14-25(31)32)30-27(34)35-15-23-21-11-4-2-9-19(21)20-10-3-5-12-22(20)23/h2-13,16,23-24H,14-15H2,1H3,(H,29,33)(H,30,34)(H,31,32)/t16-,24?/m0/s1. The number of alkyl carbamates (subject to hydrolysis) is 1. The van der Waals surface area contributed by atoms with Gasteiger partial charge in [-0.15, -0.1) is 0 Å². The number of benzene rings is 3. The molecule has 3 N–H and O–H groups in total. The zero-order valence-electron chi connectivity index (χ0n) is 19.0. The van der Waals surface area contributed by atoms with E-state index in [1.165, 1.54) is 0 Å². The minimum absolute atomic E-state index is 0.0557. The van der Waals surface area contributed by atoms with Crippen LogP contribution >= 0.6 is 11.6 Å². The zero-order valence-corrected chi connectivity index (χ0v) is 19.8. The molecule has 0 spiro atoms. The van der Waals surface area contributed by atoms with Crippen molar-refractivity contribution in [3.63, 3.8) is 0 Å². The molecule has 0 saturated carbocycles. The van der Waals surface area contributed by atoms with Gasteiger partial charge in [-0.1, -0.05) is 72.3 Å². The van der Waals surface area contributed by atoms with Crippen LogP contribution in [0.4, 0.5) is 4.79 Å². The summed E-state index contributed by atoms with van der Waals surface area (Å²) in [5, 5.41) is 14.9. The summed E-state index contributed by atoms with van der Waals surface area (Å²) in [6.45, 7) is 1.80. The Kier molecular flexibility index (Phi) is 7.36. The van der Waals surface area contributed by atoms with E-state index in [9.17, 15) is 19.5 Å². The number of aliphatic carboxylic acids is 1. The number of halogens is 1. The summed E-state index contributed by atoms with van der Waals surface area (Å²) < 4.78 is 5.47. The molecule has 0 radical (unpaired) electrons. The zero-order chi connectivity index (χ0) is 24.9. The molecule has 0 bridgehead atoms. The number of hydrogen-bond donors (Lipinski definition) is 3. The Morgan fingerprint density at radius 2 is 1.57 bits per heavy atom. The van der Waals surface area contributed by atoms with Gasteiger partial charge in [-0.3, -0.25) is 9.59 Å². The van der Waals surface area contributed by atoms with Crippen LogP contribution in [0.1, 0.15) is 42.0 Å². The predicted molar refractivity (Wildman–Crippen MR) is 132 cm³/mol. The highest BCUT2D eigenvalue weighted by atomic mass is 35.5. The molecule has 7 nitrogen and oxygen atoms in total. The lowest BCUT2D eigenvalue weighted by Crippen LogP contribution is -2.48. The fraction of sp³-hybridized carbons (Fsp3) is 0.222. The van der Waals surface area contributed by atoms with Gasteiger partial charge in [0.2, 0.25) is 5.91 Å². The first-order valence-corrected chi connectivity index (χ1v) is 11.6. The molecule has 2 atom stereocenters. The smallest absolute Gasteiger partial charge is 0.407 e. The van der Waals surface area contributed by atoms with Gasteiger partial charge in [-0.25, -0.2) is 4.79 Å². The second kappa shape index (κ2) is 10.6. The van der Waals surface area contributed by atoms with Crippen molar-refractivity contribution in [2.24, 2.45) is 0 Å². The van der Waals surface area contributed by atoms with Crippen molar-refractivity contribution in [2.75, 3.05) is 6.61 Å². The van der Waals surface area contributed by atoms with Gasteiger partial charge in [0.05, 0.1) is 12.5 Å². The lowest BCUT2D eigenvalue weighted by atomic mass is 9.98. The summed E-state index contributed by atoms with van der Waals surface area (Å²) in [6, 6.07) is 21.1. The van der Waals surface area contributed by atoms with Gasteiger partial charge in [-0.05, 0) is 46.9 Å². The minimum atomic E-state index is -1.30. The maximum Gasteiger partial charge on any atom is 0.407 e. The quantitative estimate of drug-likeness (QED) is 0.415. The number of amides is 2. The lowest BCUT2D eigenvalue weighted by molar-refractivity contribution is -0.140. The Morgan fingerprint density at radius 1 is 0.943 bits per heavy atom. The molecule has 1 aliphatic carbocycles. The second-order valence-electron chi connectivity index (χ2n) is 8.41. The molecule has 3 aromatic rings. The van der Waals surface area contributed by atoms with Gasteiger partial charge in [0.25, 0.3) is 0 Å². The van der Waals surface area contributed by atoms with E-state index in [1.807, 2.05) is 48.5 Å². The molecule has 0 saturated heterocycles. The van der Waals surface area contributed by atoms with Crippen molar-refractivity contribution in [2.45, 2.75) is 31.3 Å². The van der Waals surface area contributed by atoms with Crippen LogP contribution in [0.3, 0.4) is 0 Å². The fourth-order valence-corrected chi connectivity index (χ4v) is 4.54. The SMILES string of the molecule is C[C@H](NC(=O)C(CC(=O)O)NC(=O)OCC1c2ccccc2-c2ccccc21)c1cccc(Cl)c1. The molecular formula is C27H25ClN2O5. The average molecular weight is 493 g/mol. The number of hydrogen-bond acceptors (Lipinski definition) is 4. The maximum absolute atomic E-state index is 12.8. The van der Waals surface area contributed by atoms with E-state index in [4.69, 9.17) is 16.3 Å². The van der Waals surface area contributed by atoms with Crippen LogP contribution in [0.5, 0.6) is 0 Å². The van der Waals surface area contributed by atoms with Gasteiger partial charge < -0.3 is 20.5 Å². The number of rotatable bonds is 8. The van der Waals surface area contributed by atoms with Crippen LogP contribution in [-0.2, 0) is 14.3 Å². The molecule has 35 heavy (non-hydrogen) atoms. The number of carboxylic acid groups (broad SMARTS) is 1. The third-order valence-electron chi connectivity index (χ3n) is 6.04. The number of fused-ring (bicyclic) bond motifs is 3. The summed E-state index contributed by atoms with van der Waals surface area (Å²) in [4.78, 5) is 36.7. The van der Waals surface area contributed by atoms with E-state index >= 15 is 0 Å². The van der Waals surface area contributed by atoms with Crippen LogP contribution in [0.15, 0.2) is 72.8 Å². The number of nitrogens with one attached hydrogen (secondary N) is 2. The largest absolute Gasteiger partial charge is 0.481 e. The normalized spacial score (nSPS) is 13.8. The molecule has 0 heterocycles. The lowest BCUT2D eigenvalue weighted by Gasteiger charge is -2.21. The van der Waals surface area contributed by atoms with Crippen LogP contribution in [-0.4, -0.2) is 35.7 Å². The first kappa shape index (κ1) is 24.3.